The van der Waals surface area contributed by atoms with Gasteiger partial charge in [0.25, 0.3) is 0 Å². The van der Waals surface area contributed by atoms with Gasteiger partial charge in [-0.05, 0) is 86.0 Å². The number of ketones is 1. The van der Waals surface area contributed by atoms with E-state index in [9.17, 15) is 14.7 Å². The summed E-state index contributed by atoms with van der Waals surface area (Å²) in [4.78, 5) is 24.3. The van der Waals surface area contributed by atoms with Crippen molar-refractivity contribution in [2.75, 3.05) is 19.8 Å². The van der Waals surface area contributed by atoms with Crippen LogP contribution in [0.2, 0.25) is 5.02 Å². The Labute approximate surface area is 209 Å². The molecule has 0 saturated carbocycles. The van der Waals surface area contributed by atoms with Crippen LogP contribution in [0.15, 0.2) is 72.8 Å². The molecule has 0 radical (unpaired) electrons. The summed E-state index contributed by atoms with van der Waals surface area (Å²) in [5.41, 5.74) is 1.07. The molecule has 3 aromatic carbocycles. The summed E-state index contributed by atoms with van der Waals surface area (Å²) in [7, 11) is 0. The summed E-state index contributed by atoms with van der Waals surface area (Å²) in [6.07, 6.45) is 4.68. The molecule has 0 heterocycles. The third-order valence-corrected chi connectivity index (χ3v) is 5.20. The maximum absolute atomic E-state index is 12.5. The average molecular weight is 495 g/mol. The monoisotopic (exact) mass is 494 g/mol. The van der Waals surface area contributed by atoms with Crippen LogP contribution in [-0.4, -0.2) is 36.7 Å². The van der Waals surface area contributed by atoms with Crippen LogP contribution >= 0.6 is 11.6 Å². The van der Waals surface area contributed by atoms with Gasteiger partial charge in [0.05, 0.1) is 30.9 Å². The summed E-state index contributed by atoms with van der Waals surface area (Å²) in [6, 6.07) is 18.7. The number of hydrogen-bond acceptors (Lipinski definition) is 6. The highest BCUT2D eigenvalue weighted by Gasteiger charge is 2.13. The van der Waals surface area contributed by atoms with Crippen LogP contribution in [0.1, 0.15) is 46.0 Å². The van der Waals surface area contributed by atoms with Crippen molar-refractivity contribution in [3.8, 4) is 17.2 Å². The van der Waals surface area contributed by atoms with Crippen molar-refractivity contribution in [1.29, 1.82) is 0 Å². The highest BCUT2D eigenvalue weighted by Crippen LogP contribution is 2.22. The molecule has 3 rings (SSSR count). The quantitative estimate of drug-likeness (QED) is 0.137. The van der Waals surface area contributed by atoms with E-state index in [4.69, 9.17) is 25.8 Å². The number of esters is 1. The first-order chi connectivity index (χ1) is 17.0. The second-order valence-corrected chi connectivity index (χ2v) is 8.02. The van der Waals surface area contributed by atoms with Gasteiger partial charge in [-0.25, -0.2) is 4.79 Å². The smallest absolute Gasteiger partial charge is 0.338 e. The first-order valence-corrected chi connectivity index (χ1v) is 11.7. The number of ether oxygens (including phenoxy) is 3. The maximum Gasteiger partial charge on any atom is 0.338 e. The van der Waals surface area contributed by atoms with E-state index in [1.165, 1.54) is 24.3 Å². The number of hydrogen-bond donors (Lipinski definition) is 1. The molecule has 0 amide bonds. The highest BCUT2D eigenvalue weighted by atomic mass is 35.5. The Morgan fingerprint density at radius 3 is 2.31 bits per heavy atom. The van der Waals surface area contributed by atoms with Gasteiger partial charge in [0.1, 0.15) is 17.2 Å². The number of allylic oxidation sites excluding steroid dienone is 1. The number of rotatable bonds is 12. The van der Waals surface area contributed by atoms with Crippen molar-refractivity contribution < 1.29 is 28.9 Å². The zero-order valence-electron chi connectivity index (χ0n) is 19.4. The lowest BCUT2D eigenvalue weighted by atomic mass is 10.1. The second kappa shape index (κ2) is 13.2. The topological polar surface area (TPSA) is 82.1 Å². The normalized spacial score (nSPS) is 10.8. The van der Waals surface area contributed by atoms with Crippen molar-refractivity contribution in [1.82, 2.24) is 0 Å². The van der Waals surface area contributed by atoms with Crippen molar-refractivity contribution in [2.24, 2.45) is 0 Å². The fourth-order valence-corrected chi connectivity index (χ4v) is 3.29. The molecule has 35 heavy (non-hydrogen) atoms. The summed E-state index contributed by atoms with van der Waals surface area (Å²) in [5, 5.41) is 10.8. The number of phenolic OH excluding ortho intramolecular Hbond substituents is 1. The molecule has 0 saturated heterocycles. The molecular formula is C28H27ClO6. The van der Waals surface area contributed by atoms with Crippen molar-refractivity contribution in [3.63, 3.8) is 0 Å². The lowest BCUT2D eigenvalue weighted by Crippen LogP contribution is -2.05. The van der Waals surface area contributed by atoms with Crippen molar-refractivity contribution >= 4 is 29.4 Å². The van der Waals surface area contributed by atoms with Gasteiger partial charge in [-0.2, -0.15) is 0 Å². The summed E-state index contributed by atoms with van der Waals surface area (Å²) in [5.74, 6) is 0.267. The standard InChI is InChI=1S/C28H27ClO6/c1-2-33-28(32)21-9-14-25(27(31)19-21)26(30)15-8-20-6-5-7-24(18-20)35-17-4-3-16-34-23-12-10-22(29)11-13-23/h5-15,18-19,31H,2-4,16-17H2,1H3/b15-8+. The first kappa shape index (κ1) is 25.8. The number of phenols is 1. The molecule has 182 valence electrons. The molecule has 0 fully saturated rings. The van der Waals surface area contributed by atoms with Crippen LogP contribution in [0.5, 0.6) is 17.2 Å². The van der Waals surface area contributed by atoms with E-state index in [1.807, 2.05) is 36.4 Å². The molecule has 0 unspecified atom stereocenters. The number of unbranched alkanes of at least 4 members (excludes halogenated alkanes) is 1. The maximum atomic E-state index is 12.5. The fraction of sp³-hybridized carbons (Fsp3) is 0.214. The van der Waals surface area contributed by atoms with E-state index in [1.54, 1.807) is 25.1 Å². The molecule has 3 aromatic rings. The summed E-state index contributed by atoms with van der Waals surface area (Å²) in [6.45, 7) is 3.05. The Bertz CT molecular complexity index is 1170. The van der Waals surface area contributed by atoms with E-state index in [0.717, 1.165) is 24.2 Å². The van der Waals surface area contributed by atoms with E-state index < -0.39 is 5.97 Å². The molecule has 0 bridgehead atoms. The van der Waals surface area contributed by atoms with Gasteiger partial charge in [-0.15, -0.1) is 0 Å². The molecule has 0 aromatic heterocycles. The van der Waals surface area contributed by atoms with Gasteiger partial charge in [0, 0.05) is 5.02 Å². The minimum atomic E-state index is -0.553. The second-order valence-electron chi connectivity index (χ2n) is 7.58. The van der Waals surface area contributed by atoms with Gasteiger partial charge in [-0.1, -0.05) is 29.8 Å². The van der Waals surface area contributed by atoms with E-state index in [2.05, 4.69) is 0 Å². The number of carbonyl (C=O) groups excluding carboxylic acids is 2. The van der Waals surface area contributed by atoms with Gasteiger partial charge >= 0.3 is 5.97 Å². The van der Waals surface area contributed by atoms with Crippen molar-refractivity contribution in [3.05, 3.63) is 94.5 Å². The SMILES string of the molecule is CCOC(=O)c1ccc(C(=O)/C=C/c2cccc(OCCCCOc3ccc(Cl)cc3)c2)c(O)c1. The van der Waals surface area contributed by atoms with Crippen molar-refractivity contribution in [2.45, 2.75) is 19.8 Å². The molecule has 1 N–H and O–H groups in total. The molecule has 0 spiro atoms. The third kappa shape index (κ3) is 8.19. The Hall–Kier alpha value is -3.77. The van der Waals surface area contributed by atoms with Gasteiger partial charge in [0.15, 0.2) is 5.78 Å². The van der Waals surface area contributed by atoms with Gasteiger partial charge in [-0.3, -0.25) is 4.79 Å². The lowest BCUT2D eigenvalue weighted by Gasteiger charge is -2.08. The number of benzene rings is 3. The Kier molecular flexibility index (Phi) is 9.75. The molecule has 0 atom stereocenters. The zero-order chi connectivity index (χ0) is 25.0. The van der Waals surface area contributed by atoms with Crippen LogP contribution in [0.4, 0.5) is 0 Å². The van der Waals surface area contributed by atoms with Crippen LogP contribution < -0.4 is 9.47 Å². The summed E-state index contributed by atoms with van der Waals surface area (Å²) < 4.78 is 16.4. The van der Waals surface area contributed by atoms with E-state index in [-0.39, 0.29) is 29.3 Å². The Balaban J connectivity index is 1.47. The number of carbonyl (C=O) groups is 2. The number of aromatic hydroxyl groups is 1. The molecule has 0 aliphatic rings. The largest absolute Gasteiger partial charge is 0.507 e. The predicted octanol–water partition coefficient (Wildman–Crippen LogP) is 6.36. The minimum Gasteiger partial charge on any atom is -0.507 e. The third-order valence-electron chi connectivity index (χ3n) is 4.95. The Morgan fingerprint density at radius 2 is 1.63 bits per heavy atom. The molecule has 0 aliphatic heterocycles. The fourth-order valence-electron chi connectivity index (χ4n) is 3.17. The van der Waals surface area contributed by atoms with Crippen LogP contribution in [0.25, 0.3) is 6.08 Å². The lowest BCUT2D eigenvalue weighted by molar-refractivity contribution is 0.0525. The zero-order valence-corrected chi connectivity index (χ0v) is 20.2. The minimum absolute atomic E-state index is 0.0996. The van der Waals surface area contributed by atoms with Crippen LogP contribution in [0.3, 0.4) is 0 Å². The molecule has 0 aliphatic carbocycles. The van der Waals surface area contributed by atoms with E-state index >= 15 is 0 Å². The Morgan fingerprint density at radius 1 is 0.914 bits per heavy atom. The van der Waals surface area contributed by atoms with Gasteiger partial charge < -0.3 is 19.3 Å². The first-order valence-electron chi connectivity index (χ1n) is 11.3. The van der Waals surface area contributed by atoms with Gasteiger partial charge in [0.2, 0.25) is 0 Å². The molecule has 7 heteroatoms. The summed E-state index contributed by atoms with van der Waals surface area (Å²) >= 11 is 5.86. The van der Waals surface area contributed by atoms with Crippen LogP contribution in [0, 0.1) is 0 Å². The predicted molar refractivity (Wildman–Crippen MR) is 136 cm³/mol. The number of halogens is 1. The average Bonchev–Trinajstić information content (AvgIpc) is 2.86. The molecule has 6 nitrogen and oxygen atoms in total. The van der Waals surface area contributed by atoms with Crippen LogP contribution in [-0.2, 0) is 4.74 Å². The van der Waals surface area contributed by atoms with E-state index in [0.29, 0.717) is 24.0 Å². The molecular weight excluding hydrogens is 468 g/mol. The highest BCUT2D eigenvalue weighted by molar-refractivity contribution is 6.30.